The lowest BCUT2D eigenvalue weighted by Gasteiger charge is -2.18. The lowest BCUT2D eigenvalue weighted by Crippen LogP contribution is -2.34. The van der Waals surface area contributed by atoms with Crippen LogP contribution in [0.5, 0.6) is 5.75 Å². The number of nitrogens with one attached hydrogen (secondary N) is 2. The molecule has 2 saturated heterocycles. The molecule has 11 heteroatoms. The van der Waals surface area contributed by atoms with Crippen LogP contribution in [0.2, 0.25) is 0 Å². The summed E-state index contributed by atoms with van der Waals surface area (Å²) in [6.45, 7) is 0.616. The van der Waals surface area contributed by atoms with Gasteiger partial charge < -0.3 is 15.4 Å². The van der Waals surface area contributed by atoms with Gasteiger partial charge in [0.05, 0.1) is 18.4 Å². The van der Waals surface area contributed by atoms with Gasteiger partial charge in [-0.05, 0) is 18.2 Å². The number of amides is 2. The van der Waals surface area contributed by atoms with Crippen LogP contribution in [0.3, 0.4) is 0 Å². The number of pyridine rings is 1. The number of hydrogen-bond acceptors (Lipinski definition) is 5. The van der Waals surface area contributed by atoms with Crippen molar-refractivity contribution in [2.75, 3.05) is 30.8 Å². The number of aromatic nitrogens is 1. The van der Waals surface area contributed by atoms with E-state index < -0.39 is 22.1 Å². The summed E-state index contributed by atoms with van der Waals surface area (Å²) in [5.41, 5.74) is 0.711. The highest BCUT2D eigenvalue weighted by atomic mass is 32.2. The Bertz CT molecular complexity index is 1020. The van der Waals surface area contributed by atoms with E-state index in [1.165, 1.54) is 33.0 Å². The molecular weight excluding hydrogens is 401 g/mol. The molecule has 2 aliphatic heterocycles. The molecule has 2 N–H and O–H groups in total. The van der Waals surface area contributed by atoms with Crippen LogP contribution in [-0.2, 0) is 10.2 Å². The molecule has 1 unspecified atom stereocenters. The number of nitrogens with zero attached hydrogens (tertiary/aromatic N) is 3. The lowest BCUT2D eigenvalue weighted by atomic mass is 10.2. The second-order valence-corrected chi connectivity index (χ2v) is 8.97. The number of halogens is 1. The number of rotatable bonds is 4. The molecule has 2 atom stereocenters. The number of carbonyl (C=O) groups excluding carboxylic acids is 1. The van der Waals surface area contributed by atoms with Gasteiger partial charge in [-0.25, -0.2) is 9.18 Å². The first-order valence-corrected chi connectivity index (χ1v) is 10.4. The molecule has 0 radical (unpaired) electrons. The molecule has 0 bridgehead atoms. The molecule has 0 spiro atoms. The van der Waals surface area contributed by atoms with Gasteiger partial charge in [0.2, 0.25) is 0 Å². The molecule has 2 fully saturated rings. The van der Waals surface area contributed by atoms with Crippen LogP contribution < -0.4 is 15.4 Å². The van der Waals surface area contributed by atoms with E-state index in [4.69, 9.17) is 4.74 Å². The highest BCUT2D eigenvalue weighted by Gasteiger charge is 2.48. The summed E-state index contributed by atoms with van der Waals surface area (Å²) in [4.78, 5) is 16.0. The number of likely N-dealkylation sites (N-methyl/N-ethyl adjacent to an activating group) is 1. The van der Waals surface area contributed by atoms with Crippen LogP contribution in [0.4, 0.5) is 20.6 Å². The van der Waals surface area contributed by atoms with E-state index in [2.05, 4.69) is 15.6 Å². The minimum absolute atomic E-state index is 0.147. The number of ether oxygens (including phenoxy) is 1. The molecule has 1 aromatic carbocycles. The van der Waals surface area contributed by atoms with E-state index in [0.29, 0.717) is 18.7 Å². The van der Waals surface area contributed by atoms with Crippen molar-refractivity contribution in [1.29, 1.82) is 0 Å². The van der Waals surface area contributed by atoms with Crippen molar-refractivity contribution in [1.82, 2.24) is 13.6 Å². The summed E-state index contributed by atoms with van der Waals surface area (Å²) in [6, 6.07) is 6.52. The van der Waals surface area contributed by atoms with Crippen LogP contribution in [0.25, 0.3) is 0 Å². The third kappa shape index (κ3) is 4.16. The first kappa shape index (κ1) is 19.6. The van der Waals surface area contributed by atoms with E-state index in [0.717, 1.165) is 0 Å². The molecule has 2 amide bonds. The normalized spacial score (nSPS) is 23.5. The molecule has 2 aromatic rings. The summed E-state index contributed by atoms with van der Waals surface area (Å²) >= 11 is 0. The van der Waals surface area contributed by atoms with Gasteiger partial charge in [-0.15, -0.1) is 0 Å². The van der Waals surface area contributed by atoms with Crippen LogP contribution in [0, 0.1) is 5.82 Å². The molecule has 3 heterocycles. The molecule has 0 saturated carbocycles. The van der Waals surface area contributed by atoms with Crippen molar-refractivity contribution in [3.63, 3.8) is 0 Å². The van der Waals surface area contributed by atoms with Crippen LogP contribution >= 0.6 is 0 Å². The topological polar surface area (TPSA) is 104 Å². The highest BCUT2D eigenvalue weighted by Crippen LogP contribution is 2.32. The first-order chi connectivity index (χ1) is 13.8. The molecule has 9 nitrogen and oxygen atoms in total. The summed E-state index contributed by atoms with van der Waals surface area (Å²) < 4.78 is 47.0. The van der Waals surface area contributed by atoms with Crippen molar-refractivity contribution in [3.05, 3.63) is 48.5 Å². The van der Waals surface area contributed by atoms with Gasteiger partial charge in [0, 0.05) is 50.1 Å². The number of carbonyl (C=O) groups is 1. The van der Waals surface area contributed by atoms with Crippen LogP contribution in [-0.4, -0.2) is 60.3 Å². The fourth-order valence-corrected chi connectivity index (χ4v) is 5.18. The fraction of sp³-hybridized carbons (Fsp3) is 0.333. The van der Waals surface area contributed by atoms with Crippen molar-refractivity contribution in [3.8, 4) is 5.75 Å². The van der Waals surface area contributed by atoms with Gasteiger partial charge in [-0.1, -0.05) is 0 Å². The number of anilines is 2. The zero-order valence-corrected chi connectivity index (χ0v) is 16.4. The Morgan fingerprint density at radius 3 is 2.76 bits per heavy atom. The van der Waals surface area contributed by atoms with Crippen molar-refractivity contribution >= 4 is 27.6 Å². The van der Waals surface area contributed by atoms with Gasteiger partial charge in [-0.3, -0.25) is 4.98 Å². The predicted octanol–water partition coefficient (Wildman–Crippen LogP) is 1.88. The Morgan fingerprint density at radius 1 is 1.24 bits per heavy atom. The van der Waals surface area contributed by atoms with Gasteiger partial charge in [0.25, 0.3) is 10.2 Å². The lowest BCUT2D eigenvalue weighted by molar-refractivity contribution is 0.211. The summed E-state index contributed by atoms with van der Waals surface area (Å²) in [5, 5.41) is 5.13. The largest absolute Gasteiger partial charge is 0.489 e. The van der Waals surface area contributed by atoms with Crippen LogP contribution in [0.1, 0.15) is 6.42 Å². The van der Waals surface area contributed by atoms with Gasteiger partial charge in [0.15, 0.2) is 0 Å². The van der Waals surface area contributed by atoms with Crippen molar-refractivity contribution < 1.29 is 22.3 Å². The standard InChI is InChI=1S/C18H20FN5O4S/c1-23-10-15-8-17(11-24(15)29(23,26)27)28-16-6-12(19)5-14(7-16)22-18(25)21-13-3-2-4-20-9-13/h2-7,9,15,17H,8,10-11H2,1H3,(H2,21,22,25)/t15?,17-/m1/s1. The minimum Gasteiger partial charge on any atom is -0.489 e. The smallest absolute Gasteiger partial charge is 0.323 e. The van der Waals surface area contributed by atoms with Gasteiger partial charge in [-0.2, -0.15) is 17.0 Å². The second-order valence-electron chi connectivity index (χ2n) is 6.98. The Kier molecular flexibility index (Phi) is 5.11. The van der Waals surface area contributed by atoms with E-state index >= 15 is 0 Å². The molecule has 4 rings (SSSR count). The third-order valence-corrected chi connectivity index (χ3v) is 6.81. The maximum absolute atomic E-state index is 14.0. The summed E-state index contributed by atoms with van der Waals surface area (Å²) in [5.74, 6) is -0.358. The zero-order valence-electron chi connectivity index (χ0n) is 15.6. The van der Waals surface area contributed by atoms with Gasteiger partial charge in [0.1, 0.15) is 17.7 Å². The fourth-order valence-electron chi connectivity index (χ4n) is 3.57. The van der Waals surface area contributed by atoms with Gasteiger partial charge >= 0.3 is 6.03 Å². The molecule has 0 aliphatic carbocycles. The Morgan fingerprint density at radius 2 is 2.03 bits per heavy atom. The summed E-state index contributed by atoms with van der Waals surface area (Å²) in [6.07, 6.45) is 3.19. The summed E-state index contributed by atoms with van der Waals surface area (Å²) in [7, 11) is -1.90. The molecule has 1 aromatic heterocycles. The number of urea groups is 1. The van der Waals surface area contributed by atoms with E-state index in [1.54, 1.807) is 25.4 Å². The average Bonchev–Trinajstić information content (AvgIpc) is 3.12. The quantitative estimate of drug-likeness (QED) is 0.785. The van der Waals surface area contributed by atoms with Crippen LogP contribution in [0.15, 0.2) is 42.7 Å². The third-order valence-electron chi connectivity index (χ3n) is 4.84. The zero-order chi connectivity index (χ0) is 20.6. The van der Waals surface area contributed by atoms with E-state index in [9.17, 15) is 17.6 Å². The molecular formula is C18H20FN5O4S. The predicted molar refractivity (Wildman–Crippen MR) is 104 cm³/mol. The highest BCUT2D eigenvalue weighted by molar-refractivity contribution is 7.87. The van der Waals surface area contributed by atoms with Crippen molar-refractivity contribution in [2.45, 2.75) is 18.6 Å². The Balaban J connectivity index is 1.41. The molecule has 29 heavy (non-hydrogen) atoms. The number of fused-ring (bicyclic) bond motifs is 1. The average molecular weight is 421 g/mol. The SMILES string of the molecule is CN1CC2C[C@@H](Oc3cc(F)cc(NC(=O)Nc4cccnc4)c3)CN2S1(=O)=O. The number of benzene rings is 1. The first-order valence-electron chi connectivity index (χ1n) is 8.99. The van der Waals surface area contributed by atoms with Crippen molar-refractivity contribution in [2.24, 2.45) is 0 Å². The monoisotopic (exact) mass is 421 g/mol. The van der Waals surface area contributed by atoms with E-state index in [1.807, 2.05) is 0 Å². The molecule has 154 valence electrons. The maximum atomic E-state index is 14.0. The minimum atomic E-state index is -3.45. The molecule has 2 aliphatic rings. The Labute approximate surface area is 167 Å². The Hall–Kier alpha value is -2.76. The maximum Gasteiger partial charge on any atom is 0.323 e. The van der Waals surface area contributed by atoms with E-state index in [-0.39, 0.29) is 30.1 Å². The second kappa shape index (κ2) is 7.58. The number of hydrogen-bond donors (Lipinski definition) is 2.